The van der Waals surface area contributed by atoms with Crippen LogP contribution in [0.5, 0.6) is 0 Å². The molecule has 5 heteroatoms. The molecule has 2 aromatic rings. The van der Waals surface area contributed by atoms with Crippen LogP contribution in [0.15, 0.2) is 17.4 Å². The first kappa shape index (κ1) is 12.3. The maximum atomic E-state index is 4.37. The minimum atomic E-state index is 1.05. The first-order valence-corrected chi connectivity index (χ1v) is 8.19. The Morgan fingerprint density at radius 3 is 3.06 bits per heavy atom. The Hall–Kier alpha value is -0.130. The summed E-state index contributed by atoms with van der Waals surface area (Å²) in [4.78, 5) is 11.2. The zero-order valence-corrected chi connectivity index (χ0v) is 12.3. The van der Waals surface area contributed by atoms with Gasteiger partial charge in [-0.25, -0.2) is 9.97 Å². The Labute approximate surface area is 112 Å². The lowest BCUT2D eigenvalue weighted by Crippen LogP contribution is -1.86. The Balaban J connectivity index is 2.26. The molecule has 0 saturated carbocycles. The number of hydrogen-bond acceptors (Lipinski definition) is 4. The lowest BCUT2D eigenvalue weighted by Gasteiger charge is -1.99. The molecule has 0 saturated heterocycles. The zero-order chi connectivity index (χ0) is 11.4. The predicted molar refractivity (Wildman–Crippen MR) is 75.9 cm³/mol. The Kier molecular flexibility index (Phi) is 4.61. The van der Waals surface area contributed by atoms with Crippen molar-refractivity contribution in [2.24, 2.45) is 0 Å². The molecule has 0 aliphatic rings. The molecule has 0 radical (unpaired) electrons. The van der Waals surface area contributed by atoms with Crippen LogP contribution in [-0.4, -0.2) is 21.1 Å². The minimum Gasteiger partial charge on any atom is -0.229 e. The van der Waals surface area contributed by atoms with Gasteiger partial charge in [-0.05, 0) is 18.9 Å². The van der Waals surface area contributed by atoms with Gasteiger partial charge in [0.15, 0.2) is 0 Å². The molecule has 16 heavy (non-hydrogen) atoms. The van der Waals surface area contributed by atoms with E-state index in [2.05, 4.69) is 38.9 Å². The molecule has 2 nitrogen and oxygen atoms in total. The van der Waals surface area contributed by atoms with E-state index < -0.39 is 0 Å². The topological polar surface area (TPSA) is 25.8 Å². The first-order chi connectivity index (χ1) is 7.85. The van der Waals surface area contributed by atoms with Gasteiger partial charge in [-0.3, -0.25) is 0 Å². The first-order valence-electron chi connectivity index (χ1n) is 5.27. The SMILES string of the molecule is CCc1cc2c(SCCCBr)ncnc2s1. The fourth-order valence-electron chi connectivity index (χ4n) is 1.40. The normalized spacial score (nSPS) is 11.1. The van der Waals surface area contributed by atoms with Crippen molar-refractivity contribution >= 4 is 49.2 Å². The predicted octanol–water partition coefficient (Wildman–Crippen LogP) is 4.13. The van der Waals surface area contributed by atoms with E-state index in [0.29, 0.717) is 0 Å². The zero-order valence-electron chi connectivity index (χ0n) is 9.07. The highest BCUT2D eigenvalue weighted by atomic mass is 79.9. The van der Waals surface area contributed by atoms with Crippen molar-refractivity contribution in [2.75, 3.05) is 11.1 Å². The fourth-order valence-corrected chi connectivity index (χ4v) is 3.96. The second-order valence-electron chi connectivity index (χ2n) is 3.35. The molecular formula is C11H13BrN2S2. The second kappa shape index (κ2) is 5.98. The van der Waals surface area contributed by atoms with Crippen molar-refractivity contribution in [2.45, 2.75) is 24.8 Å². The highest BCUT2D eigenvalue weighted by Gasteiger charge is 2.07. The van der Waals surface area contributed by atoms with Gasteiger partial charge < -0.3 is 0 Å². The molecule has 2 heterocycles. The van der Waals surface area contributed by atoms with Crippen LogP contribution < -0.4 is 0 Å². The van der Waals surface area contributed by atoms with Crippen LogP contribution in [0, 0.1) is 0 Å². The van der Waals surface area contributed by atoms with Crippen LogP contribution in [0.1, 0.15) is 18.2 Å². The van der Waals surface area contributed by atoms with Crippen LogP contribution in [0.25, 0.3) is 10.2 Å². The van der Waals surface area contributed by atoms with Crippen molar-refractivity contribution in [1.82, 2.24) is 9.97 Å². The number of fused-ring (bicyclic) bond motifs is 1. The van der Waals surface area contributed by atoms with Crippen molar-refractivity contribution < 1.29 is 0 Å². The maximum absolute atomic E-state index is 4.37. The van der Waals surface area contributed by atoms with Gasteiger partial charge in [-0.1, -0.05) is 22.9 Å². The summed E-state index contributed by atoms with van der Waals surface area (Å²) in [6.45, 7) is 2.18. The van der Waals surface area contributed by atoms with Crippen LogP contribution in [0.4, 0.5) is 0 Å². The highest BCUT2D eigenvalue weighted by molar-refractivity contribution is 9.09. The number of hydrogen-bond donors (Lipinski definition) is 0. The van der Waals surface area contributed by atoms with Gasteiger partial charge in [0.1, 0.15) is 16.2 Å². The average molecular weight is 317 g/mol. The number of halogens is 1. The van der Waals surface area contributed by atoms with Gasteiger partial charge >= 0.3 is 0 Å². The number of thioether (sulfide) groups is 1. The molecule has 0 aliphatic carbocycles. The van der Waals surface area contributed by atoms with E-state index in [4.69, 9.17) is 0 Å². The van der Waals surface area contributed by atoms with Crippen molar-refractivity contribution in [1.29, 1.82) is 0 Å². The molecule has 0 spiro atoms. The lowest BCUT2D eigenvalue weighted by molar-refractivity contribution is 1.09. The quantitative estimate of drug-likeness (QED) is 0.359. The third-order valence-electron chi connectivity index (χ3n) is 2.21. The number of alkyl halides is 1. The molecule has 0 unspecified atom stereocenters. The van der Waals surface area contributed by atoms with E-state index in [1.165, 1.54) is 16.7 Å². The molecule has 0 amide bonds. The molecule has 0 aromatic carbocycles. The third kappa shape index (κ3) is 2.76. The number of nitrogens with zero attached hydrogens (tertiary/aromatic N) is 2. The summed E-state index contributed by atoms with van der Waals surface area (Å²) in [6.07, 6.45) is 3.92. The molecule has 0 atom stereocenters. The molecule has 86 valence electrons. The van der Waals surface area contributed by atoms with Gasteiger partial charge in [0.2, 0.25) is 0 Å². The second-order valence-corrected chi connectivity index (χ2v) is 6.35. The van der Waals surface area contributed by atoms with E-state index in [1.54, 1.807) is 17.7 Å². The van der Waals surface area contributed by atoms with Crippen LogP contribution >= 0.6 is 39.0 Å². The smallest absolute Gasteiger partial charge is 0.128 e. The van der Waals surface area contributed by atoms with Gasteiger partial charge in [-0.2, -0.15) is 0 Å². The number of aryl methyl sites for hydroxylation is 1. The Morgan fingerprint density at radius 2 is 2.31 bits per heavy atom. The molecule has 0 fully saturated rings. The van der Waals surface area contributed by atoms with Gasteiger partial charge in [0.25, 0.3) is 0 Å². The average Bonchev–Trinajstić information content (AvgIpc) is 2.73. The van der Waals surface area contributed by atoms with Gasteiger partial charge in [0, 0.05) is 21.3 Å². The van der Waals surface area contributed by atoms with E-state index in [9.17, 15) is 0 Å². The monoisotopic (exact) mass is 316 g/mol. The minimum absolute atomic E-state index is 1.05. The van der Waals surface area contributed by atoms with E-state index >= 15 is 0 Å². The summed E-state index contributed by atoms with van der Waals surface area (Å²) in [7, 11) is 0. The van der Waals surface area contributed by atoms with Crippen LogP contribution in [0.3, 0.4) is 0 Å². The van der Waals surface area contributed by atoms with Gasteiger partial charge in [-0.15, -0.1) is 23.1 Å². The molecule has 0 bridgehead atoms. The summed E-state index contributed by atoms with van der Waals surface area (Å²) in [6, 6.07) is 2.23. The summed E-state index contributed by atoms with van der Waals surface area (Å²) in [5, 5.41) is 3.41. The third-order valence-corrected chi connectivity index (χ3v) is 5.05. The number of rotatable bonds is 5. The van der Waals surface area contributed by atoms with E-state index in [-0.39, 0.29) is 0 Å². The van der Waals surface area contributed by atoms with E-state index in [0.717, 1.165) is 27.4 Å². The Bertz CT molecular complexity index is 470. The fraction of sp³-hybridized carbons (Fsp3) is 0.455. The standard InChI is InChI=1S/C11H13BrN2S2/c1-2-8-6-9-10(15-5-3-4-12)13-7-14-11(9)16-8/h6-7H,2-5H2,1H3. The maximum Gasteiger partial charge on any atom is 0.128 e. The number of aromatic nitrogens is 2. The summed E-state index contributed by atoms with van der Waals surface area (Å²) >= 11 is 7.04. The van der Waals surface area contributed by atoms with Crippen molar-refractivity contribution in [3.8, 4) is 0 Å². The van der Waals surface area contributed by atoms with Crippen molar-refractivity contribution in [3.63, 3.8) is 0 Å². The van der Waals surface area contributed by atoms with E-state index in [1.807, 2.05) is 11.8 Å². The van der Waals surface area contributed by atoms with Gasteiger partial charge in [0.05, 0.1) is 0 Å². The summed E-state index contributed by atoms with van der Waals surface area (Å²) in [5.74, 6) is 1.11. The lowest BCUT2D eigenvalue weighted by atomic mass is 10.3. The highest BCUT2D eigenvalue weighted by Crippen LogP contribution is 2.31. The largest absolute Gasteiger partial charge is 0.229 e. The molecule has 2 aromatic heterocycles. The molecule has 2 rings (SSSR count). The molecular weight excluding hydrogens is 304 g/mol. The van der Waals surface area contributed by atoms with Crippen LogP contribution in [-0.2, 0) is 6.42 Å². The summed E-state index contributed by atoms with van der Waals surface area (Å²) < 4.78 is 0. The number of thiophene rings is 1. The molecule has 0 aliphatic heterocycles. The Morgan fingerprint density at radius 1 is 1.44 bits per heavy atom. The van der Waals surface area contributed by atoms with Crippen molar-refractivity contribution in [3.05, 3.63) is 17.3 Å². The summed E-state index contributed by atoms with van der Waals surface area (Å²) in [5.41, 5.74) is 0. The van der Waals surface area contributed by atoms with Crippen LogP contribution in [0.2, 0.25) is 0 Å². The molecule has 0 N–H and O–H groups in total.